The summed E-state index contributed by atoms with van der Waals surface area (Å²) < 4.78 is 5.58. The number of ether oxygens (including phenoxy) is 1. The van der Waals surface area contributed by atoms with Crippen LogP contribution < -0.4 is 10.1 Å². The molecule has 2 bridgehead atoms. The minimum atomic E-state index is -0.0554. The molecule has 4 rings (SSSR count). The van der Waals surface area contributed by atoms with Gasteiger partial charge in [0.2, 0.25) is 0 Å². The van der Waals surface area contributed by atoms with E-state index >= 15 is 0 Å². The number of halogens is 1. The van der Waals surface area contributed by atoms with Gasteiger partial charge in [-0.3, -0.25) is 9.59 Å². The Morgan fingerprint density at radius 2 is 2.15 bits per heavy atom. The van der Waals surface area contributed by atoms with Crippen molar-refractivity contribution in [2.45, 2.75) is 24.9 Å². The first kappa shape index (κ1) is 17.4. The average Bonchev–Trinajstić information content (AvgIpc) is 3.36. The van der Waals surface area contributed by atoms with Crippen LogP contribution in [0.5, 0.6) is 5.75 Å². The van der Waals surface area contributed by atoms with Gasteiger partial charge in [-0.2, -0.15) is 0 Å². The van der Waals surface area contributed by atoms with Gasteiger partial charge in [0.1, 0.15) is 5.75 Å². The zero-order chi connectivity index (χ0) is 18.1. The quantitative estimate of drug-likeness (QED) is 0.852. The minimum Gasteiger partial charge on any atom is -0.484 e. The average molecular weight is 391 g/mol. The Bertz CT molecular complexity index is 811. The van der Waals surface area contributed by atoms with Crippen LogP contribution >= 0.6 is 22.9 Å². The van der Waals surface area contributed by atoms with Gasteiger partial charge >= 0.3 is 0 Å². The standard InChI is InChI=1S/C19H19ClN2O3S/c20-13-3-1-4-14(9-13)25-11-18(23)22-10-12-7-15(16(22)8-12)21-19(24)17-5-2-6-26-17/h1-6,9,12,15-16H,7-8,10-11H2,(H,21,24)/t12-,15+,16-/m1/s1. The summed E-state index contributed by atoms with van der Waals surface area (Å²) in [4.78, 5) is 27.5. The van der Waals surface area contributed by atoms with Crippen molar-refractivity contribution >= 4 is 34.8 Å². The van der Waals surface area contributed by atoms with Crippen molar-refractivity contribution in [1.82, 2.24) is 10.2 Å². The fraction of sp³-hybridized carbons (Fsp3) is 0.368. The normalized spacial score (nSPS) is 23.9. The van der Waals surface area contributed by atoms with Crippen molar-refractivity contribution in [1.29, 1.82) is 0 Å². The number of hydrogen-bond donors (Lipinski definition) is 1. The van der Waals surface area contributed by atoms with E-state index in [1.807, 2.05) is 22.4 Å². The summed E-state index contributed by atoms with van der Waals surface area (Å²) in [7, 11) is 0. The second kappa shape index (κ2) is 7.29. The third-order valence-electron chi connectivity index (χ3n) is 5.02. The summed E-state index contributed by atoms with van der Waals surface area (Å²) in [5, 5.41) is 5.56. The Hall–Kier alpha value is -2.05. The van der Waals surface area contributed by atoms with Crippen LogP contribution in [0.25, 0.3) is 0 Å². The first-order chi connectivity index (χ1) is 12.6. The molecule has 1 N–H and O–H groups in total. The smallest absolute Gasteiger partial charge is 0.261 e. The number of carbonyl (C=O) groups excluding carboxylic acids is 2. The molecule has 1 aromatic carbocycles. The number of hydrogen-bond acceptors (Lipinski definition) is 4. The van der Waals surface area contributed by atoms with Gasteiger partial charge in [0.05, 0.1) is 10.9 Å². The number of likely N-dealkylation sites (tertiary alicyclic amines) is 1. The summed E-state index contributed by atoms with van der Waals surface area (Å²) in [5.74, 6) is 0.925. The molecule has 1 saturated heterocycles. The van der Waals surface area contributed by atoms with Crippen LogP contribution in [0.1, 0.15) is 22.5 Å². The second-order valence-electron chi connectivity index (χ2n) is 6.75. The van der Waals surface area contributed by atoms with Crippen LogP contribution in [0.15, 0.2) is 41.8 Å². The minimum absolute atomic E-state index is 0.0125. The van der Waals surface area contributed by atoms with Crippen molar-refractivity contribution in [3.63, 3.8) is 0 Å². The van der Waals surface area contributed by atoms with Crippen molar-refractivity contribution in [3.05, 3.63) is 51.7 Å². The molecule has 1 aliphatic heterocycles. The van der Waals surface area contributed by atoms with E-state index in [0.717, 1.165) is 19.4 Å². The topological polar surface area (TPSA) is 58.6 Å². The third kappa shape index (κ3) is 3.57. The Balaban J connectivity index is 1.35. The number of rotatable bonds is 5. The maximum absolute atomic E-state index is 12.6. The van der Waals surface area contributed by atoms with E-state index in [9.17, 15) is 9.59 Å². The number of carbonyl (C=O) groups is 2. The lowest BCUT2D eigenvalue weighted by Gasteiger charge is -2.33. The van der Waals surface area contributed by atoms with E-state index < -0.39 is 0 Å². The number of piperidine rings is 1. The van der Waals surface area contributed by atoms with E-state index in [4.69, 9.17) is 16.3 Å². The molecule has 2 fully saturated rings. The fourth-order valence-electron chi connectivity index (χ4n) is 3.90. The summed E-state index contributed by atoms with van der Waals surface area (Å²) in [6.07, 6.45) is 1.87. The predicted octanol–water partition coefficient (Wildman–Crippen LogP) is 3.20. The Morgan fingerprint density at radius 3 is 2.88 bits per heavy atom. The molecule has 1 saturated carbocycles. The van der Waals surface area contributed by atoms with Crippen molar-refractivity contribution in [2.24, 2.45) is 5.92 Å². The van der Waals surface area contributed by atoms with E-state index in [-0.39, 0.29) is 30.5 Å². The largest absolute Gasteiger partial charge is 0.484 e. The molecule has 2 heterocycles. The number of nitrogens with one attached hydrogen (secondary N) is 1. The zero-order valence-electron chi connectivity index (χ0n) is 14.1. The Morgan fingerprint density at radius 1 is 1.27 bits per heavy atom. The molecule has 0 unspecified atom stereocenters. The van der Waals surface area contributed by atoms with Crippen molar-refractivity contribution in [2.75, 3.05) is 13.2 Å². The highest BCUT2D eigenvalue weighted by molar-refractivity contribution is 7.12. The number of thiophene rings is 1. The van der Waals surface area contributed by atoms with E-state index in [2.05, 4.69) is 5.32 Å². The van der Waals surface area contributed by atoms with E-state index in [1.54, 1.807) is 24.3 Å². The number of fused-ring (bicyclic) bond motifs is 2. The first-order valence-corrected chi connectivity index (χ1v) is 9.88. The maximum atomic E-state index is 12.6. The molecule has 2 aliphatic rings. The molecule has 26 heavy (non-hydrogen) atoms. The summed E-state index contributed by atoms with van der Waals surface area (Å²) >= 11 is 7.36. The summed E-state index contributed by atoms with van der Waals surface area (Å²) in [6.45, 7) is 0.725. The van der Waals surface area contributed by atoms with Gasteiger partial charge in [-0.25, -0.2) is 0 Å². The zero-order valence-corrected chi connectivity index (χ0v) is 15.6. The molecule has 7 heteroatoms. The van der Waals surface area contributed by atoms with E-state index in [0.29, 0.717) is 21.6 Å². The van der Waals surface area contributed by atoms with Crippen LogP contribution in [-0.2, 0) is 4.79 Å². The predicted molar refractivity (Wildman–Crippen MR) is 101 cm³/mol. The fourth-order valence-corrected chi connectivity index (χ4v) is 4.71. The van der Waals surface area contributed by atoms with Crippen molar-refractivity contribution in [3.8, 4) is 5.75 Å². The first-order valence-electron chi connectivity index (χ1n) is 8.62. The lowest BCUT2D eigenvalue weighted by Crippen LogP contribution is -2.52. The monoisotopic (exact) mass is 390 g/mol. The van der Waals surface area contributed by atoms with Crippen LogP contribution in [-0.4, -0.2) is 41.9 Å². The molecule has 2 amide bonds. The number of amides is 2. The molecule has 0 spiro atoms. The van der Waals surface area contributed by atoms with Gasteiger partial charge in [0.15, 0.2) is 6.61 Å². The van der Waals surface area contributed by atoms with Gasteiger partial charge in [0.25, 0.3) is 11.8 Å². The van der Waals surface area contributed by atoms with Gasteiger partial charge in [0, 0.05) is 17.6 Å². The van der Waals surface area contributed by atoms with Crippen LogP contribution in [0, 0.1) is 5.92 Å². The molecule has 1 aromatic heterocycles. The van der Waals surface area contributed by atoms with Crippen LogP contribution in [0.4, 0.5) is 0 Å². The lowest BCUT2D eigenvalue weighted by atomic mass is 10.1. The van der Waals surface area contributed by atoms with Crippen molar-refractivity contribution < 1.29 is 14.3 Å². The molecule has 5 nitrogen and oxygen atoms in total. The van der Waals surface area contributed by atoms with Crippen LogP contribution in [0.3, 0.4) is 0 Å². The summed E-state index contributed by atoms with van der Waals surface area (Å²) in [6, 6.07) is 10.8. The molecular formula is C19H19ClN2O3S. The molecule has 0 radical (unpaired) electrons. The Kier molecular flexibility index (Phi) is 4.87. The van der Waals surface area contributed by atoms with Gasteiger partial charge < -0.3 is 15.0 Å². The molecule has 2 aromatic rings. The maximum Gasteiger partial charge on any atom is 0.261 e. The number of nitrogens with zero attached hydrogens (tertiary/aromatic N) is 1. The molecule has 1 aliphatic carbocycles. The highest BCUT2D eigenvalue weighted by Crippen LogP contribution is 2.38. The lowest BCUT2D eigenvalue weighted by molar-refractivity contribution is -0.135. The summed E-state index contributed by atoms with van der Waals surface area (Å²) in [5.41, 5.74) is 0. The van der Waals surface area contributed by atoms with Crippen LogP contribution in [0.2, 0.25) is 5.02 Å². The van der Waals surface area contributed by atoms with Gasteiger partial charge in [-0.1, -0.05) is 23.7 Å². The molecule has 3 atom stereocenters. The molecule has 136 valence electrons. The third-order valence-corrected chi connectivity index (χ3v) is 6.13. The SMILES string of the molecule is O=C(N[C@H]1C[C@@H]2C[C@H]1N(C(=O)COc1cccc(Cl)c1)C2)c1cccs1. The highest BCUT2D eigenvalue weighted by Gasteiger charge is 2.47. The van der Waals surface area contributed by atoms with E-state index in [1.165, 1.54) is 11.3 Å². The van der Waals surface area contributed by atoms with Gasteiger partial charge in [-0.05, 0) is 48.4 Å². The Labute approximate surface area is 160 Å². The second-order valence-corrected chi connectivity index (χ2v) is 8.14. The molecular weight excluding hydrogens is 372 g/mol. The highest BCUT2D eigenvalue weighted by atomic mass is 35.5. The number of benzene rings is 1. The van der Waals surface area contributed by atoms with Gasteiger partial charge in [-0.15, -0.1) is 11.3 Å².